The number of nitrogens with zero attached hydrogens (tertiary/aromatic N) is 1. The lowest BCUT2D eigenvalue weighted by atomic mass is 9.72. The summed E-state index contributed by atoms with van der Waals surface area (Å²) in [6, 6.07) is 0. The molecule has 1 aliphatic carbocycles. The minimum atomic E-state index is 0.177. The van der Waals surface area contributed by atoms with Crippen molar-refractivity contribution < 1.29 is 0 Å². The minimum absolute atomic E-state index is 0.177. The topological polar surface area (TPSA) is 24.9 Å². The average Bonchev–Trinajstić information content (AvgIpc) is 2.86. The average molecular weight is 295 g/mol. The van der Waals surface area contributed by atoms with E-state index in [4.69, 9.17) is 4.98 Å². The standard InChI is InChI=1S/C17H30N2S/c1-5-18-13-17(9-7-6-8-10-17)11-15-19-14(12-20-15)16(2,3)4/h12,18H,5-11,13H2,1-4H3. The molecule has 1 aliphatic rings. The highest BCUT2D eigenvalue weighted by Gasteiger charge is 2.33. The molecule has 1 saturated carbocycles. The van der Waals surface area contributed by atoms with Crippen molar-refractivity contribution in [2.75, 3.05) is 13.1 Å². The van der Waals surface area contributed by atoms with E-state index >= 15 is 0 Å². The van der Waals surface area contributed by atoms with Crippen LogP contribution in [0, 0.1) is 5.41 Å². The number of aromatic nitrogens is 1. The Morgan fingerprint density at radius 2 is 1.95 bits per heavy atom. The Kier molecular flexibility index (Phi) is 5.25. The van der Waals surface area contributed by atoms with Gasteiger partial charge in [0.15, 0.2) is 0 Å². The van der Waals surface area contributed by atoms with E-state index in [9.17, 15) is 0 Å². The summed E-state index contributed by atoms with van der Waals surface area (Å²) in [6.45, 7) is 11.2. The van der Waals surface area contributed by atoms with Crippen LogP contribution in [-0.2, 0) is 11.8 Å². The third kappa shape index (κ3) is 4.05. The molecule has 3 heteroatoms. The summed E-state index contributed by atoms with van der Waals surface area (Å²) in [7, 11) is 0. The van der Waals surface area contributed by atoms with Crippen LogP contribution in [0.15, 0.2) is 5.38 Å². The molecule has 0 aromatic carbocycles. The van der Waals surface area contributed by atoms with E-state index in [0.717, 1.165) is 13.1 Å². The molecule has 0 aliphatic heterocycles. The first-order valence-electron chi connectivity index (χ1n) is 8.11. The molecular formula is C17H30N2S. The molecule has 1 heterocycles. The second-order valence-corrected chi connectivity index (χ2v) is 8.34. The summed E-state index contributed by atoms with van der Waals surface area (Å²) in [5.41, 5.74) is 1.89. The molecule has 1 aromatic rings. The predicted molar refractivity (Wildman–Crippen MR) is 88.6 cm³/mol. The van der Waals surface area contributed by atoms with E-state index in [1.165, 1.54) is 49.2 Å². The van der Waals surface area contributed by atoms with Crippen molar-refractivity contribution >= 4 is 11.3 Å². The van der Waals surface area contributed by atoms with Crippen LogP contribution in [0.2, 0.25) is 0 Å². The number of nitrogens with one attached hydrogen (secondary N) is 1. The summed E-state index contributed by atoms with van der Waals surface area (Å²) in [5.74, 6) is 0. The van der Waals surface area contributed by atoms with E-state index in [-0.39, 0.29) is 5.41 Å². The van der Waals surface area contributed by atoms with E-state index < -0.39 is 0 Å². The summed E-state index contributed by atoms with van der Waals surface area (Å²) < 4.78 is 0. The van der Waals surface area contributed by atoms with Gasteiger partial charge in [-0.1, -0.05) is 47.0 Å². The fourth-order valence-electron chi connectivity index (χ4n) is 3.17. The molecule has 0 atom stereocenters. The summed E-state index contributed by atoms with van der Waals surface area (Å²) in [4.78, 5) is 4.92. The monoisotopic (exact) mass is 294 g/mol. The molecule has 0 amide bonds. The van der Waals surface area contributed by atoms with Gasteiger partial charge in [0.05, 0.1) is 10.7 Å². The summed E-state index contributed by atoms with van der Waals surface area (Å²) in [6.07, 6.45) is 8.10. The molecule has 2 rings (SSSR count). The molecule has 0 radical (unpaired) electrons. The van der Waals surface area contributed by atoms with Crippen LogP contribution in [0.25, 0.3) is 0 Å². The number of hydrogen-bond donors (Lipinski definition) is 1. The Bertz CT molecular complexity index is 411. The summed E-state index contributed by atoms with van der Waals surface area (Å²) in [5, 5.41) is 7.20. The first-order valence-corrected chi connectivity index (χ1v) is 8.99. The second-order valence-electron chi connectivity index (χ2n) is 7.39. The Balaban J connectivity index is 2.09. The third-order valence-electron chi connectivity index (χ3n) is 4.51. The van der Waals surface area contributed by atoms with Crippen molar-refractivity contribution in [1.82, 2.24) is 10.3 Å². The Labute approximate surface area is 128 Å². The maximum absolute atomic E-state index is 4.92. The van der Waals surface area contributed by atoms with Gasteiger partial charge in [-0.25, -0.2) is 4.98 Å². The molecular weight excluding hydrogens is 264 g/mol. The van der Waals surface area contributed by atoms with Crippen LogP contribution in [0.5, 0.6) is 0 Å². The fourth-order valence-corrected chi connectivity index (χ4v) is 4.36. The number of thiazole rings is 1. The minimum Gasteiger partial charge on any atom is -0.316 e. The van der Waals surface area contributed by atoms with Crippen LogP contribution >= 0.6 is 11.3 Å². The zero-order chi connectivity index (χ0) is 14.6. The van der Waals surface area contributed by atoms with E-state index in [0.29, 0.717) is 5.41 Å². The molecule has 0 saturated heterocycles. The van der Waals surface area contributed by atoms with Gasteiger partial charge in [0.2, 0.25) is 0 Å². The largest absolute Gasteiger partial charge is 0.316 e. The molecule has 1 N–H and O–H groups in total. The highest BCUT2D eigenvalue weighted by atomic mass is 32.1. The zero-order valence-corrected chi connectivity index (χ0v) is 14.4. The normalized spacial score (nSPS) is 19.2. The van der Waals surface area contributed by atoms with E-state index in [1.807, 2.05) is 11.3 Å². The van der Waals surface area contributed by atoms with Gasteiger partial charge in [0.1, 0.15) is 0 Å². The van der Waals surface area contributed by atoms with Gasteiger partial charge in [-0.3, -0.25) is 0 Å². The maximum Gasteiger partial charge on any atom is 0.0934 e. The van der Waals surface area contributed by atoms with Crippen LogP contribution in [-0.4, -0.2) is 18.1 Å². The van der Waals surface area contributed by atoms with Gasteiger partial charge in [-0.2, -0.15) is 0 Å². The van der Waals surface area contributed by atoms with Crippen LogP contribution in [0.1, 0.15) is 70.5 Å². The number of hydrogen-bond acceptors (Lipinski definition) is 3. The van der Waals surface area contributed by atoms with Crippen molar-refractivity contribution in [3.63, 3.8) is 0 Å². The molecule has 114 valence electrons. The SMILES string of the molecule is CCNCC1(Cc2nc(C(C)(C)C)cs2)CCCCC1. The van der Waals surface area contributed by atoms with Crippen molar-refractivity contribution in [1.29, 1.82) is 0 Å². The molecule has 1 aromatic heterocycles. The van der Waals surface area contributed by atoms with Crippen LogP contribution < -0.4 is 5.32 Å². The van der Waals surface area contributed by atoms with E-state index in [2.05, 4.69) is 38.4 Å². The molecule has 1 fully saturated rings. The van der Waals surface area contributed by atoms with Crippen molar-refractivity contribution in [3.8, 4) is 0 Å². The Morgan fingerprint density at radius 1 is 1.25 bits per heavy atom. The third-order valence-corrected chi connectivity index (χ3v) is 5.36. The Morgan fingerprint density at radius 3 is 2.50 bits per heavy atom. The van der Waals surface area contributed by atoms with Gasteiger partial charge in [0, 0.05) is 23.8 Å². The lowest BCUT2D eigenvalue weighted by Gasteiger charge is -2.37. The second kappa shape index (κ2) is 6.57. The van der Waals surface area contributed by atoms with Gasteiger partial charge < -0.3 is 5.32 Å². The molecule has 0 bridgehead atoms. The highest BCUT2D eigenvalue weighted by Crippen LogP contribution is 2.39. The van der Waals surface area contributed by atoms with E-state index in [1.54, 1.807) is 0 Å². The quantitative estimate of drug-likeness (QED) is 0.862. The molecule has 20 heavy (non-hydrogen) atoms. The maximum atomic E-state index is 4.92. The smallest absolute Gasteiger partial charge is 0.0934 e. The predicted octanol–water partition coefficient (Wildman–Crippen LogP) is 4.54. The van der Waals surface area contributed by atoms with Gasteiger partial charge >= 0.3 is 0 Å². The van der Waals surface area contributed by atoms with Crippen molar-refractivity contribution in [3.05, 3.63) is 16.1 Å². The number of rotatable bonds is 5. The zero-order valence-electron chi connectivity index (χ0n) is 13.6. The first kappa shape index (κ1) is 16.0. The van der Waals surface area contributed by atoms with Gasteiger partial charge in [-0.15, -0.1) is 11.3 Å². The summed E-state index contributed by atoms with van der Waals surface area (Å²) >= 11 is 1.86. The van der Waals surface area contributed by atoms with Gasteiger partial charge in [0.25, 0.3) is 0 Å². The van der Waals surface area contributed by atoms with Crippen molar-refractivity contribution in [2.24, 2.45) is 5.41 Å². The van der Waals surface area contributed by atoms with Crippen LogP contribution in [0.3, 0.4) is 0 Å². The molecule has 2 nitrogen and oxygen atoms in total. The van der Waals surface area contributed by atoms with Crippen LogP contribution in [0.4, 0.5) is 0 Å². The Hall–Kier alpha value is -0.410. The lowest BCUT2D eigenvalue weighted by molar-refractivity contribution is 0.181. The fraction of sp³-hybridized carbons (Fsp3) is 0.824. The highest BCUT2D eigenvalue weighted by molar-refractivity contribution is 7.09. The van der Waals surface area contributed by atoms with Crippen molar-refractivity contribution in [2.45, 2.75) is 71.6 Å². The molecule has 0 unspecified atom stereocenters. The lowest BCUT2D eigenvalue weighted by Crippen LogP contribution is -2.38. The van der Waals surface area contributed by atoms with Gasteiger partial charge in [-0.05, 0) is 24.8 Å². The first-order chi connectivity index (χ1) is 9.45. The molecule has 0 spiro atoms.